The number of ether oxygens (including phenoxy) is 5. The minimum Gasteiger partial charge on any atom is -0.508 e. The van der Waals surface area contributed by atoms with E-state index < -0.39 is 54.5 Å². The van der Waals surface area contributed by atoms with Crippen LogP contribution in [-0.4, -0.2) is 96.3 Å². The van der Waals surface area contributed by atoms with E-state index in [1.807, 2.05) is 20.3 Å². The van der Waals surface area contributed by atoms with Crippen molar-refractivity contribution in [3.05, 3.63) is 30.0 Å². The lowest BCUT2D eigenvalue weighted by Crippen LogP contribution is -2.70. The minimum absolute atomic E-state index is 0.130. The summed E-state index contributed by atoms with van der Waals surface area (Å²) >= 11 is 0. The number of aromatic nitrogens is 1. The maximum atomic E-state index is 12.1. The molecule has 1 saturated heterocycles. The van der Waals surface area contributed by atoms with Gasteiger partial charge in [-0.15, -0.1) is 0 Å². The highest BCUT2D eigenvalue weighted by molar-refractivity contribution is 5.84. The van der Waals surface area contributed by atoms with Crippen LogP contribution in [0.3, 0.4) is 0 Å². The number of carbonyl (C=O) groups is 4. The zero-order valence-corrected chi connectivity index (χ0v) is 22.4. The third-order valence-corrected chi connectivity index (χ3v) is 6.36. The molecule has 2 heterocycles. The number of likely N-dealkylation sites (N-methyl/N-ethyl adjacent to an activating group) is 1. The molecular weight excluding hydrogens is 500 g/mol. The number of aromatic amines is 1. The summed E-state index contributed by atoms with van der Waals surface area (Å²) in [4.78, 5) is 50.9. The summed E-state index contributed by atoms with van der Waals surface area (Å²) < 4.78 is 28.2. The van der Waals surface area contributed by atoms with Gasteiger partial charge in [0.2, 0.25) is 12.3 Å². The highest BCUT2D eigenvalue weighted by atomic mass is 16.7. The Hall–Kier alpha value is -3.64. The first kappa shape index (κ1) is 28.9. The maximum absolute atomic E-state index is 12.1. The van der Waals surface area contributed by atoms with Gasteiger partial charge in [-0.2, -0.15) is 0 Å². The highest BCUT2D eigenvalue weighted by Gasteiger charge is 2.57. The molecule has 1 aliphatic heterocycles. The van der Waals surface area contributed by atoms with E-state index in [1.165, 1.54) is 27.7 Å². The number of phenols is 1. The summed E-state index contributed by atoms with van der Waals surface area (Å²) in [7, 11) is 3.71. The van der Waals surface area contributed by atoms with Gasteiger partial charge in [0.25, 0.3) is 0 Å². The second kappa shape index (κ2) is 11.8. The lowest BCUT2D eigenvalue weighted by Gasteiger charge is -2.49. The van der Waals surface area contributed by atoms with Gasteiger partial charge in [0.1, 0.15) is 18.5 Å². The molecule has 5 atom stereocenters. The fourth-order valence-corrected chi connectivity index (χ4v) is 4.68. The van der Waals surface area contributed by atoms with E-state index in [1.54, 1.807) is 18.2 Å². The Morgan fingerprint density at radius 2 is 1.53 bits per heavy atom. The molecular formula is C26H35N2O10+. The quantitative estimate of drug-likeness (QED) is 0.275. The Morgan fingerprint density at radius 1 is 0.921 bits per heavy atom. The molecule has 0 unspecified atom stereocenters. The van der Waals surface area contributed by atoms with E-state index in [0.717, 1.165) is 16.5 Å². The van der Waals surface area contributed by atoms with Crippen molar-refractivity contribution >= 4 is 34.8 Å². The number of aromatic hydroxyl groups is 1. The van der Waals surface area contributed by atoms with E-state index in [0.29, 0.717) is 13.0 Å². The molecule has 38 heavy (non-hydrogen) atoms. The standard InChI is InChI=1S/C26H34N2O10/c1-14(29)34-13-22-23(35-15(2)30)24(36-16(3)31)25(37-17(4)32)26(38-22)28(5,6)10-9-18-12-27-21-8-7-19(33)11-20(18)21/h7-8,11-12,22-27H,9-10,13H2,1-6H3/p+1/t22-,23-,24+,25-,26-/m1/s1. The van der Waals surface area contributed by atoms with Gasteiger partial charge in [-0.05, 0) is 23.8 Å². The first-order valence-corrected chi connectivity index (χ1v) is 12.2. The Kier molecular flexibility index (Phi) is 9.00. The van der Waals surface area contributed by atoms with Crippen LogP contribution in [0.2, 0.25) is 0 Å². The molecule has 0 amide bonds. The molecule has 1 aromatic heterocycles. The number of nitrogens with one attached hydrogen (secondary N) is 1. The van der Waals surface area contributed by atoms with Crippen LogP contribution in [0.1, 0.15) is 33.3 Å². The average Bonchev–Trinajstić information content (AvgIpc) is 3.20. The predicted octanol–water partition coefficient (Wildman–Crippen LogP) is 1.58. The molecule has 1 aliphatic rings. The van der Waals surface area contributed by atoms with E-state index in [9.17, 15) is 24.3 Å². The number of phenolic OH excluding ortho intramolecular Hbond substituents is 1. The first-order chi connectivity index (χ1) is 17.8. The molecule has 0 spiro atoms. The number of quaternary nitrogens is 1. The van der Waals surface area contributed by atoms with E-state index in [-0.39, 0.29) is 16.8 Å². The summed E-state index contributed by atoms with van der Waals surface area (Å²) in [5, 5.41) is 10.8. The second-order valence-corrected chi connectivity index (χ2v) is 9.89. The van der Waals surface area contributed by atoms with Crippen LogP contribution in [0.25, 0.3) is 10.9 Å². The van der Waals surface area contributed by atoms with E-state index in [4.69, 9.17) is 23.7 Å². The maximum Gasteiger partial charge on any atom is 0.303 e. The molecule has 208 valence electrons. The monoisotopic (exact) mass is 535 g/mol. The van der Waals surface area contributed by atoms with Gasteiger partial charge < -0.3 is 33.8 Å². The number of carbonyl (C=O) groups excluding carboxylic acids is 4. The lowest BCUT2D eigenvalue weighted by atomic mass is 9.95. The van der Waals surface area contributed by atoms with Crippen molar-refractivity contribution in [1.29, 1.82) is 0 Å². The number of benzene rings is 1. The van der Waals surface area contributed by atoms with Crippen LogP contribution in [0.5, 0.6) is 5.75 Å². The molecule has 0 saturated carbocycles. The van der Waals surface area contributed by atoms with Crippen molar-refractivity contribution in [2.24, 2.45) is 0 Å². The largest absolute Gasteiger partial charge is 0.508 e. The van der Waals surface area contributed by atoms with Crippen LogP contribution < -0.4 is 0 Å². The fourth-order valence-electron chi connectivity index (χ4n) is 4.68. The molecule has 2 N–H and O–H groups in total. The van der Waals surface area contributed by atoms with Gasteiger partial charge in [-0.1, -0.05) is 0 Å². The van der Waals surface area contributed by atoms with Gasteiger partial charge in [-0.25, -0.2) is 0 Å². The van der Waals surface area contributed by atoms with Crippen molar-refractivity contribution in [1.82, 2.24) is 4.98 Å². The SMILES string of the molecule is CC(=O)OC[C@H]1O[C@@H]([N+](C)(C)CCc2c[nH]c3ccc(O)cc23)[C@H](OC(C)=O)[C@@H](OC(C)=O)[C@@H]1OC(C)=O. The predicted molar refractivity (Wildman–Crippen MR) is 133 cm³/mol. The Morgan fingerprint density at radius 3 is 2.13 bits per heavy atom. The van der Waals surface area contributed by atoms with Crippen LogP contribution in [0, 0.1) is 0 Å². The molecule has 1 fully saturated rings. The smallest absolute Gasteiger partial charge is 0.303 e. The van der Waals surface area contributed by atoms with Gasteiger partial charge in [0.05, 0.1) is 20.6 Å². The zero-order chi connectivity index (χ0) is 28.2. The van der Waals surface area contributed by atoms with Crippen LogP contribution in [0.15, 0.2) is 24.4 Å². The number of H-pyrrole nitrogens is 1. The van der Waals surface area contributed by atoms with Crippen LogP contribution in [0.4, 0.5) is 0 Å². The molecule has 2 aromatic rings. The molecule has 12 heteroatoms. The van der Waals surface area contributed by atoms with Crippen molar-refractivity contribution in [2.75, 3.05) is 27.2 Å². The summed E-state index contributed by atoms with van der Waals surface area (Å²) in [6, 6.07) is 5.06. The summed E-state index contributed by atoms with van der Waals surface area (Å²) in [5.74, 6) is -2.44. The van der Waals surface area contributed by atoms with Gasteiger partial charge >= 0.3 is 23.9 Å². The van der Waals surface area contributed by atoms with Crippen LogP contribution in [-0.2, 0) is 49.3 Å². The van der Waals surface area contributed by atoms with E-state index >= 15 is 0 Å². The summed E-state index contributed by atoms with van der Waals surface area (Å²) in [5.41, 5.74) is 1.82. The average molecular weight is 536 g/mol. The Labute approximate surface area is 220 Å². The normalized spacial score (nSPS) is 23.5. The minimum atomic E-state index is -1.22. The Balaban J connectivity index is 1.97. The van der Waals surface area contributed by atoms with Gasteiger partial charge in [-0.3, -0.25) is 23.7 Å². The topological polar surface area (TPSA) is 150 Å². The molecule has 3 rings (SSSR count). The van der Waals surface area contributed by atoms with Crippen molar-refractivity contribution in [3.8, 4) is 5.75 Å². The summed E-state index contributed by atoms with van der Waals surface area (Å²) in [6.45, 7) is 5.00. The van der Waals surface area contributed by atoms with Gasteiger partial charge in [0, 0.05) is 51.2 Å². The van der Waals surface area contributed by atoms with Crippen molar-refractivity contribution < 1.29 is 52.5 Å². The third kappa shape index (κ3) is 7.01. The zero-order valence-electron chi connectivity index (χ0n) is 22.4. The number of esters is 4. The Bertz CT molecular complexity index is 1190. The van der Waals surface area contributed by atoms with Crippen molar-refractivity contribution in [2.45, 2.75) is 64.8 Å². The number of rotatable bonds is 9. The molecule has 1 aromatic carbocycles. The van der Waals surface area contributed by atoms with Crippen LogP contribution >= 0.6 is 0 Å². The third-order valence-electron chi connectivity index (χ3n) is 6.36. The molecule has 12 nitrogen and oxygen atoms in total. The number of hydrogen-bond donors (Lipinski definition) is 2. The fraction of sp³-hybridized carbons (Fsp3) is 0.538. The van der Waals surface area contributed by atoms with Crippen molar-refractivity contribution in [3.63, 3.8) is 0 Å². The molecule has 0 radical (unpaired) electrons. The first-order valence-electron chi connectivity index (χ1n) is 12.2. The highest BCUT2D eigenvalue weighted by Crippen LogP contribution is 2.33. The number of fused-ring (bicyclic) bond motifs is 1. The second-order valence-electron chi connectivity index (χ2n) is 9.89. The van der Waals surface area contributed by atoms with E-state index in [2.05, 4.69) is 4.98 Å². The number of nitrogens with zero attached hydrogens (tertiary/aromatic N) is 1. The molecule has 0 bridgehead atoms. The summed E-state index contributed by atoms with van der Waals surface area (Å²) in [6.07, 6.45) is -3.06. The van der Waals surface area contributed by atoms with Gasteiger partial charge in [0.15, 0.2) is 12.2 Å². The number of hydrogen-bond acceptors (Lipinski definition) is 10. The lowest BCUT2D eigenvalue weighted by molar-refractivity contribution is -0.944. The molecule has 0 aliphatic carbocycles.